The molecule has 27 heavy (non-hydrogen) atoms. The molecule has 1 aliphatic rings. The number of hydrogen-bond acceptors (Lipinski definition) is 2. The topological polar surface area (TPSA) is 18.5 Å². The van der Waals surface area contributed by atoms with Crippen LogP contribution in [0.4, 0.5) is 5.69 Å². The average Bonchev–Trinajstić information content (AvgIpc) is 2.70. The van der Waals surface area contributed by atoms with Gasteiger partial charge in [-0.25, -0.2) is 0 Å². The molecule has 2 aromatic carbocycles. The zero-order valence-corrected chi connectivity index (χ0v) is 17.7. The van der Waals surface area contributed by atoms with Crippen LogP contribution in [0.1, 0.15) is 37.3 Å². The Bertz CT molecular complexity index is 754. The van der Waals surface area contributed by atoms with Crippen LogP contribution in [0.25, 0.3) is 0 Å². The predicted molar refractivity (Wildman–Crippen MR) is 120 cm³/mol. The molecular weight excluding hydrogens is 374 g/mol. The van der Waals surface area contributed by atoms with Gasteiger partial charge >= 0.3 is 0 Å². The third-order valence-corrected chi connectivity index (χ3v) is 6.08. The third kappa shape index (κ3) is 5.44. The smallest absolute Gasteiger partial charge is 0.173 e. The number of anilines is 1. The standard InChI is InChI=1S/C22H28ClN3S/c1-3-17(2)18-8-10-20(11-9-18)24-22(27)26-14-12-25(13-15-26)16-19-6-4-5-7-21(19)23/h4-11,17H,3,12-16H2,1-2H3,(H,24,27). The molecule has 1 heterocycles. The number of hydrogen-bond donors (Lipinski definition) is 1. The van der Waals surface area contributed by atoms with Gasteiger partial charge in [-0.15, -0.1) is 0 Å². The number of thiocarbonyl (C=S) groups is 1. The fraction of sp³-hybridized carbons (Fsp3) is 0.409. The van der Waals surface area contributed by atoms with E-state index in [1.54, 1.807) is 0 Å². The molecule has 0 aliphatic carbocycles. The van der Waals surface area contributed by atoms with Crippen LogP contribution >= 0.6 is 23.8 Å². The lowest BCUT2D eigenvalue weighted by atomic mass is 9.99. The molecule has 1 atom stereocenters. The molecule has 0 saturated carbocycles. The predicted octanol–water partition coefficient (Wildman–Crippen LogP) is 5.37. The summed E-state index contributed by atoms with van der Waals surface area (Å²) in [6.07, 6.45) is 1.16. The van der Waals surface area contributed by atoms with E-state index in [0.29, 0.717) is 5.92 Å². The molecule has 0 bridgehead atoms. The SMILES string of the molecule is CCC(C)c1ccc(NC(=S)N2CCN(Cc3ccccc3Cl)CC2)cc1. The van der Waals surface area contributed by atoms with Gasteiger partial charge in [0, 0.05) is 43.4 Å². The lowest BCUT2D eigenvalue weighted by Crippen LogP contribution is -2.49. The van der Waals surface area contributed by atoms with Crippen LogP contribution in [-0.2, 0) is 6.54 Å². The Morgan fingerprint density at radius 2 is 1.74 bits per heavy atom. The maximum atomic E-state index is 6.28. The fourth-order valence-corrected chi connectivity index (χ4v) is 3.81. The van der Waals surface area contributed by atoms with E-state index in [4.69, 9.17) is 23.8 Å². The van der Waals surface area contributed by atoms with Crippen molar-refractivity contribution >= 4 is 34.6 Å². The molecule has 1 N–H and O–H groups in total. The monoisotopic (exact) mass is 401 g/mol. The van der Waals surface area contributed by atoms with Gasteiger partial charge in [-0.05, 0) is 53.9 Å². The highest BCUT2D eigenvalue weighted by molar-refractivity contribution is 7.80. The highest BCUT2D eigenvalue weighted by atomic mass is 35.5. The van der Waals surface area contributed by atoms with Crippen molar-refractivity contribution < 1.29 is 0 Å². The van der Waals surface area contributed by atoms with E-state index in [1.165, 1.54) is 11.1 Å². The Kier molecular flexibility index (Phi) is 7.11. The van der Waals surface area contributed by atoms with E-state index in [0.717, 1.165) is 55.0 Å². The summed E-state index contributed by atoms with van der Waals surface area (Å²) in [5, 5.41) is 5.04. The molecule has 0 amide bonds. The van der Waals surface area contributed by atoms with Gasteiger partial charge in [0.15, 0.2) is 5.11 Å². The molecule has 144 valence electrons. The second-order valence-corrected chi connectivity index (χ2v) is 8.01. The van der Waals surface area contributed by atoms with Gasteiger partial charge in [0.1, 0.15) is 0 Å². The van der Waals surface area contributed by atoms with E-state index >= 15 is 0 Å². The van der Waals surface area contributed by atoms with Crippen molar-refractivity contribution in [2.45, 2.75) is 32.7 Å². The quantitative estimate of drug-likeness (QED) is 0.678. The van der Waals surface area contributed by atoms with Crippen LogP contribution < -0.4 is 5.32 Å². The Hall–Kier alpha value is -1.62. The summed E-state index contributed by atoms with van der Waals surface area (Å²) in [5.41, 5.74) is 3.63. The van der Waals surface area contributed by atoms with Gasteiger partial charge in [0.05, 0.1) is 0 Å². The largest absolute Gasteiger partial charge is 0.346 e. The number of rotatable bonds is 5. The molecule has 0 aromatic heterocycles. The lowest BCUT2D eigenvalue weighted by Gasteiger charge is -2.36. The Balaban J connectivity index is 1.49. The molecule has 1 aliphatic heterocycles. The number of halogens is 1. The highest BCUT2D eigenvalue weighted by Crippen LogP contribution is 2.21. The Morgan fingerprint density at radius 3 is 2.37 bits per heavy atom. The maximum Gasteiger partial charge on any atom is 0.173 e. The van der Waals surface area contributed by atoms with Crippen LogP contribution in [0.3, 0.4) is 0 Å². The Morgan fingerprint density at radius 1 is 1.07 bits per heavy atom. The van der Waals surface area contributed by atoms with Crippen LogP contribution in [0, 0.1) is 0 Å². The van der Waals surface area contributed by atoms with E-state index in [-0.39, 0.29) is 0 Å². The van der Waals surface area contributed by atoms with Crippen LogP contribution in [-0.4, -0.2) is 41.1 Å². The van der Waals surface area contributed by atoms with Crippen molar-refractivity contribution in [1.82, 2.24) is 9.80 Å². The third-order valence-electron chi connectivity index (χ3n) is 5.35. The van der Waals surface area contributed by atoms with Crippen LogP contribution in [0.2, 0.25) is 5.02 Å². The van der Waals surface area contributed by atoms with Crippen molar-refractivity contribution in [2.24, 2.45) is 0 Å². The number of nitrogens with one attached hydrogen (secondary N) is 1. The second kappa shape index (κ2) is 9.54. The van der Waals surface area contributed by atoms with Crippen LogP contribution in [0.15, 0.2) is 48.5 Å². The van der Waals surface area contributed by atoms with Crippen molar-refractivity contribution in [3.8, 4) is 0 Å². The minimum atomic E-state index is 0.595. The summed E-state index contributed by atoms with van der Waals surface area (Å²) in [6, 6.07) is 16.7. The lowest BCUT2D eigenvalue weighted by molar-refractivity contribution is 0.177. The zero-order chi connectivity index (χ0) is 19.2. The average molecular weight is 402 g/mol. The molecule has 5 heteroatoms. The fourth-order valence-electron chi connectivity index (χ4n) is 3.31. The van der Waals surface area contributed by atoms with Gasteiger partial charge in [0.25, 0.3) is 0 Å². The van der Waals surface area contributed by atoms with E-state index in [1.807, 2.05) is 18.2 Å². The molecule has 1 saturated heterocycles. The molecule has 1 unspecified atom stereocenters. The Labute approximate surface area is 173 Å². The van der Waals surface area contributed by atoms with E-state index < -0.39 is 0 Å². The van der Waals surface area contributed by atoms with Gasteiger partial charge < -0.3 is 10.2 Å². The first-order valence-corrected chi connectivity index (χ1v) is 10.5. The minimum Gasteiger partial charge on any atom is -0.346 e. The van der Waals surface area contributed by atoms with Gasteiger partial charge in [-0.2, -0.15) is 0 Å². The first-order chi connectivity index (χ1) is 13.1. The second-order valence-electron chi connectivity index (χ2n) is 7.22. The normalized spacial score (nSPS) is 16.2. The van der Waals surface area contributed by atoms with Gasteiger partial charge in [0.2, 0.25) is 0 Å². The first kappa shape index (κ1) is 20.1. The molecule has 3 nitrogen and oxygen atoms in total. The molecule has 1 fully saturated rings. The zero-order valence-electron chi connectivity index (χ0n) is 16.1. The summed E-state index contributed by atoms with van der Waals surface area (Å²) < 4.78 is 0. The first-order valence-electron chi connectivity index (χ1n) is 9.68. The van der Waals surface area contributed by atoms with Crippen molar-refractivity contribution in [1.29, 1.82) is 0 Å². The molecular formula is C22H28ClN3S. The van der Waals surface area contributed by atoms with Crippen molar-refractivity contribution in [2.75, 3.05) is 31.5 Å². The molecule has 2 aromatic rings. The summed E-state index contributed by atoms with van der Waals surface area (Å²) >= 11 is 11.9. The summed E-state index contributed by atoms with van der Waals surface area (Å²) in [7, 11) is 0. The van der Waals surface area contributed by atoms with Crippen molar-refractivity contribution in [3.05, 3.63) is 64.7 Å². The van der Waals surface area contributed by atoms with E-state index in [2.05, 4.69) is 59.3 Å². The number of nitrogens with zero attached hydrogens (tertiary/aromatic N) is 2. The molecule has 0 spiro atoms. The molecule has 0 radical (unpaired) electrons. The minimum absolute atomic E-state index is 0.595. The van der Waals surface area contributed by atoms with Gasteiger partial charge in [-0.1, -0.05) is 55.8 Å². The van der Waals surface area contributed by atoms with Crippen molar-refractivity contribution in [3.63, 3.8) is 0 Å². The van der Waals surface area contributed by atoms with Gasteiger partial charge in [-0.3, -0.25) is 4.90 Å². The number of piperazine rings is 1. The van der Waals surface area contributed by atoms with E-state index in [9.17, 15) is 0 Å². The summed E-state index contributed by atoms with van der Waals surface area (Å²) in [4.78, 5) is 4.68. The number of benzene rings is 2. The van der Waals surface area contributed by atoms with Crippen LogP contribution in [0.5, 0.6) is 0 Å². The summed E-state index contributed by atoms with van der Waals surface area (Å²) in [5.74, 6) is 0.595. The molecule has 3 rings (SSSR count). The maximum absolute atomic E-state index is 6.28. The summed E-state index contributed by atoms with van der Waals surface area (Å²) in [6.45, 7) is 9.21. The highest BCUT2D eigenvalue weighted by Gasteiger charge is 2.19.